The van der Waals surface area contributed by atoms with Crippen LogP contribution in [0.5, 0.6) is 0 Å². The van der Waals surface area contributed by atoms with Crippen molar-refractivity contribution in [1.29, 1.82) is 0 Å². The van der Waals surface area contributed by atoms with Gasteiger partial charge in [-0.2, -0.15) is 13.2 Å². The highest BCUT2D eigenvalue weighted by molar-refractivity contribution is 5.62. The van der Waals surface area contributed by atoms with Crippen LogP contribution >= 0.6 is 0 Å². The summed E-state index contributed by atoms with van der Waals surface area (Å²) in [5.41, 5.74) is 6.73. The lowest BCUT2D eigenvalue weighted by atomic mass is 10.1. The van der Waals surface area contributed by atoms with Gasteiger partial charge in [0.1, 0.15) is 0 Å². The van der Waals surface area contributed by atoms with E-state index >= 15 is 0 Å². The van der Waals surface area contributed by atoms with Crippen molar-refractivity contribution in [1.82, 2.24) is 4.98 Å². The molecule has 1 aromatic carbocycles. The van der Waals surface area contributed by atoms with Crippen LogP contribution in [0.25, 0.3) is 11.3 Å². The molecule has 6 heteroatoms. The van der Waals surface area contributed by atoms with Crippen LogP contribution in [-0.4, -0.2) is 4.98 Å². The van der Waals surface area contributed by atoms with Crippen LogP contribution in [-0.2, 0) is 6.18 Å². The molecular weight excluding hydrogens is 233 g/mol. The molecule has 2 N–H and O–H groups in total. The first-order valence-electron chi connectivity index (χ1n) is 4.78. The van der Waals surface area contributed by atoms with Crippen molar-refractivity contribution in [2.24, 2.45) is 0 Å². The first-order valence-corrected chi connectivity index (χ1v) is 4.78. The van der Waals surface area contributed by atoms with E-state index in [1.54, 1.807) is 24.3 Å². The average Bonchev–Trinajstić information content (AvgIpc) is 2.61. The monoisotopic (exact) mass is 242 g/mol. The van der Waals surface area contributed by atoms with Gasteiger partial charge >= 0.3 is 12.1 Å². The molecule has 2 aromatic rings. The van der Waals surface area contributed by atoms with Crippen molar-refractivity contribution in [2.75, 3.05) is 5.73 Å². The minimum absolute atomic E-state index is 0.109. The summed E-state index contributed by atoms with van der Waals surface area (Å²) < 4.78 is 41.9. The van der Waals surface area contributed by atoms with E-state index in [4.69, 9.17) is 10.2 Å². The number of hydrogen-bond donors (Lipinski definition) is 1. The minimum Gasteiger partial charge on any atom is -0.433 e. The second-order valence-electron chi connectivity index (χ2n) is 3.55. The Morgan fingerprint density at radius 1 is 1.18 bits per heavy atom. The highest BCUT2D eigenvalue weighted by Gasteiger charge is 2.38. The molecule has 1 heterocycles. The molecule has 0 spiro atoms. The second kappa shape index (κ2) is 3.80. The largest absolute Gasteiger partial charge is 0.468 e. The Kier molecular flexibility index (Phi) is 2.57. The maximum atomic E-state index is 12.4. The summed E-state index contributed by atoms with van der Waals surface area (Å²) in [7, 11) is 0. The van der Waals surface area contributed by atoms with Crippen molar-refractivity contribution in [3.8, 4) is 11.3 Å². The maximum Gasteiger partial charge on any atom is 0.468 e. The molecule has 0 saturated carbocycles. The molecule has 0 bridgehead atoms. The van der Waals surface area contributed by atoms with Gasteiger partial charge in [0, 0.05) is 11.3 Å². The van der Waals surface area contributed by atoms with E-state index in [1.807, 2.05) is 0 Å². The summed E-state index contributed by atoms with van der Waals surface area (Å²) in [5, 5.41) is 0. The number of rotatable bonds is 1. The summed E-state index contributed by atoms with van der Waals surface area (Å²) in [6.07, 6.45) is -4.57. The number of aryl methyl sites for hydroxylation is 1. The maximum absolute atomic E-state index is 12.4. The van der Waals surface area contributed by atoms with E-state index < -0.39 is 12.1 Å². The van der Waals surface area contributed by atoms with E-state index in [0.717, 1.165) is 0 Å². The third-order valence-electron chi connectivity index (χ3n) is 2.21. The number of anilines is 1. The van der Waals surface area contributed by atoms with Crippen LogP contribution in [0.3, 0.4) is 0 Å². The van der Waals surface area contributed by atoms with Crippen molar-refractivity contribution < 1.29 is 17.6 Å². The summed E-state index contributed by atoms with van der Waals surface area (Å²) >= 11 is 0. The standard InChI is InChI=1S/C11H9F3N2O/c1-6-9(7-2-4-8(15)5-3-7)17-10(16-6)11(12,13)14/h2-5H,15H2,1H3. The first-order chi connectivity index (χ1) is 7.88. The lowest BCUT2D eigenvalue weighted by Crippen LogP contribution is -2.04. The fourth-order valence-corrected chi connectivity index (χ4v) is 1.42. The Hall–Kier alpha value is -1.98. The van der Waals surface area contributed by atoms with Crippen molar-refractivity contribution in [2.45, 2.75) is 13.1 Å². The van der Waals surface area contributed by atoms with Gasteiger partial charge in [0.15, 0.2) is 5.76 Å². The number of oxazole rings is 1. The molecule has 0 amide bonds. The quantitative estimate of drug-likeness (QED) is 0.781. The molecule has 0 radical (unpaired) electrons. The molecule has 90 valence electrons. The Labute approximate surface area is 95.1 Å². The molecule has 0 aliphatic rings. The van der Waals surface area contributed by atoms with Crippen molar-refractivity contribution >= 4 is 5.69 Å². The van der Waals surface area contributed by atoms with Crippen LogP contribution in [0.2, 0.25) is 0 Å². The van der Waals surface area contributed by atoms with Gasteiger partial charge in [0.25, 0.3) is 0 Å². The van der Waals surface area contributed by atoms with Crippen LogP contribution in [0.1, 0.15) is 11.6 Å². The van der Waals surface area contributed by atoms with Crippen molar-refractivity contribution in [3.05, 3.63) is 35.9 Å². The van der Waals surface area contributed by atoms with Gasteiger partial charge in [0.2, 0.25) is 0 Å². The van der Waals surface area contributed by atoms with Gasteiger partial charge in [-0.15, -0.1) is 0 Å². The zero-order chi connectivity index (χ0) is 12.6. The predicted molar refractivity (Wildman–Crippen MR) is 56.1 cm³/mol. The molecular formula is C11H9F3N2O. The number of benzene rings is 1. The zero-order valence-corrected chi connectivity index (χ0v) is 8.88. The topological polar surface area (TPSA) is 52.0 Å². The Bertz CT molecular complexity index is 529. The Morgan fingerprint density at radius 3 is 2.24 bits per heavy atom. The number of aromatic nitrogens is 1. The van der Waals surface area contributed by atoms with Gasteiger partial charge in [-0.3, -0.25) is 0 Å². The average molecular weight is 242 g/mol. The number of halogens is 3. The van der Waals surface area contributed by atoms with E-state index in [-0.39, 0.29) is 11.5 Å². The Morgan fingerprint density at radius 2 is 1.76 bits per heavy atom. The number of alkyl halides is 3. The lowest BCUT2D eigenvalue weighted by molar-refractivity contribution is -0.156. The molecule has 3 nitrogen and oxygen atoms in total. The SMILES string of the molecule is Cc1nc(C(F)(F)F)oc1-c1ccc(N)cc1. The summed E-state index contributed by atoms with van der Waals surface area (Å²) in [6.45, 7) is 1.46. The predicted octanol–water partition coefficient (Wildman–Crippen LogP) is 3.25. The van der Waals surface area contributed by atoms with E-state index in [1.165, 1.54) is 6.92 Å². The normalized spacial score (nSPS) is 11.8. The van der Waals surface area contributed by atoms with Crippen LogP contribution in [0.4, 0.5) is 18.9 Å². The van der Waals surface area contributed by atoms with Gasteiger partial charge < -0.3 is 10.2 Å². The smallest absolute Gasteiger partial charge is 0.433 e. The van der Waals surface area contributed by atoms with E-state index in [9.17, 15) is 13.2 Å². The van der Waals surface area contributed by atoms with Crippen LogP contribution < -0.4 is 5.73 Å². The zero-order valence-electron chi connectivity index (χ0n) is 8.88. The van der Waals surface area contributed by atoms with E-state index in [0.29, 0.717) is 11.3 Å². The molecule has 0 aliphatic carbocycles. The first kappa shape index (κ1) is 11.5. The molecule has 2 rings (SSSR count). The lowest BCUT2D eigenvalue weighted by Gasteiger charge is -2.00. The third-order valence-corrected chi connectivity index (χ3v) is 2.21. The number of hydrogen-bond acceptors (Lipinski definition) is 3. The second-order valence-corrected chi connectivity index (χ2v) is 3.55. The van der Waals surface area contributed by atoms with E-state index in [2.05, 4.69) is 4.98 Å². The van der Waals surface area contributed by atoms with Gasteiger partial charge in [0.05, 0.1) is 5.69 Å². The molecule has 0 aliphatic heterocycles. The van der Waals surface area contributed by atoms with Gasteiger partial charge in [-0.1, -0.05) is 0 Å². The summed E-state index contributed by atoms with van der Waals surface area (Å²) in [5.74, 6) is -1.13. The summed E-state index contributed by atoms with van der Waals surface area (Å²) in [4.78, 5) is 3.36. The Balaban J connectivity index is 2.46. The van der Waals surface area contributed by atoms with Gasteiger partial charge in [-0.25, -0.2) is 4.98 Å². The highest BCUT2D eigenvalue weighted by Crippen LogP contribution is 2.33. The number of nitrogen functional groups attached to an aromatic ring is 1. The number of nitrogens with zero attached hydrogens (tertiary/aromatic N) is 1. The number of nitrogens with two attached hydrogens (primary N) is 1. The fourth-order valence-electron chi connectivity index (χ4n) is 1.42. The van der Waals surface area contributed by atoms with Crippen LogP contribution in [0.15, 0.2) is 28.7 Å². The van der Waals surface area contributed by atoms with Crippen LogP contribution in [0, 0.1) is 6.92 Å². The molecule has 1 aromatic heterocycles. The molecule has 17 heavy (non-hydrogen) atoms. The van der Waals surface area contributed by atoms with Crippen molar-refractivity contribution in [3.63, 3.8) is 0 Å². The molecule has 0 unspecified atom stereocenters. The van der Waals surface area contributed by atoms with Gasteiger partial charge in [-0.05, 0) is 31.2 Å². The minimum atomic E-state index is -4.57. The fraction of sp³-hybridized carbons (Fsp3) is 0.182. The molecule has 0 atom stereocenters. The molecule has 0 saturated heterocycles. The molecule has 0 fully saturated rings. The third kappa shape index (κ3) is 2.25. The summed E-state index contributed by atoms with van der Waals surface area (Å²) in [6, 6.07) is 6.35. The highest BCUT2D eigenvalue weighted by atomic mass is 19.4.